The Morgan fingerprint density at radius 2 is 2.11 bits per heavy atom. The van der Waals surface area contributed by atoms with E-state index >= 15 is 0 Å². The van der Waals surface area contributed by atoms with Gasteiger partial charge in [0.15, 0.2) is 6.29 Å². The minimum Gasteiger partial charge on any atom is -0.444 e. The number of amides is 1. The van der Waals surface area contributed by atoms with Crippen LogP contribution in [-0.2, 0) is 15.1 Å². The number of aldehydes is 1. The minimum atomic E-state index is -1.22. The number of rotatable bonds is 3. The summed E-state index contributed by atoms with van der Waals surface area (Å²) in [6, 6.07) is 0. The highest BCUT2D eigenvalue weighted by atomic mass is 79.9. The summed E-state index contributed by atoms with van der Waals surface area (Å²) >= 11 is 3.25. The van der Waals surface area contributed by atoms with Gasteiger partial charge in [-0.15, -0.1) is 0 Å². The normalized spacial score (nSPS) is 14.7. The van der Waals surface area contributed by atoms with Crippen molar-refractivity contribution < 1.29 is 14.3 Å². The Labute approximate surface area is 114 Å². The predicted molar refractivity (Wildman–Crippen MR) is 69.1 cm³/mol. The molecular weight excluding hydrogens is 302 g/mol. The molecule has 0 saturated carbocycles. The van der Waals surface area contributed by atoms with Crippen molar-refractivity contribution in [2.75, 3.05) is 0 Å². The molecule has 0 radical (unpaired) electrons. The molecule has 1 atom stereocenters. The zero-order chi connectivity index (χ0) is 14.0. The summed E-state index contributed by atoms with van der Waals surface area (Å²) in [4.78, 5) is 22.9. The highest BCUT2D eigenvalue weighted by molar-refractivity contribution is 9.10. The van der Waals surface area contributed by atoms with Crippen molar-refractivity contribution >= 4 is 28.3 Å². The molecule has 0 aliphatic rings. The molecule has 0 aromatic carbocycles. The number of halogens is 1. The second-order valence-corrected chi connectivity index (χ2v) is 5.89. The standard InChI is InChI=1S/C11H16BrN3O3/c1-10(2,3)18-9(17)14-11(4,6-16)8-7(12)5-13-15-8/h5-6H,1-4H3,(H,13,15)(H,14,17). The van der Waals surface area contributed by atoms with E-state index in [4.69, 9.17) is 4.74 Å². The van der Waals surface area contributed by atoms with Crippen LogP contribution in [-0.4, -0.2) is 28.2 Å². The molecule has 100 valence electrons. The molecule has 7 heteroatoms. The molecule has 1 aromatic heterocycles. The second kappa shape index (κ2) is 5.09. The molecule has 1 amide bonds. The number of H-pyrrole nitrogens is 1. The van der Waals surface area contributed by atoms with E-state index in [1.165, 1.54) is 6.20 Å². The van der Waals surface area contributed by atoms with Gasteiger partial charge in [0, 0.05) is 0 Å². The minimum absolute atomic E-state index is 0.461. The lowest BCUT2D eigenvalue weighted by atomic mass is 10.0. The fraction of sp³-hybridized carbons (Fsp3) is 0.545. The lowest BCUT2D eigenvalue weighted by Crippen LogP contribution is -2.47. The van der Waals surface area contributed by atoms with Crippen molar-refractivity contribution in [3.63, 3.8) is 0 Å². The largest absolute Gasteiger partial charge is 0.444 e. The average Bonchev–Trinajstić information content (AvgIpc) is 2.61. The molecular formula is C11H16BrN3O3. The first-order valence-electron chi connectivity index (χ1n) is 5.35. The lowest BCUT2D eigenvalue weighted by molar-refractivity contribution is -0.113. The maximum absolute atomic E-state index is 11.7. The van der Waals surface area contributed by atoms with E-state index < -0.39 is 17.2 Å². The molecule has 0 aliphatic carbocycles. The molecule has 0 bridgehead atoms. The van der Waals surface area contributed by atoms with Gasteiger partial charge in [-0.3, -0.25) is 5.10 Å². The number of alkyl carbamates (subject to hydrolysis) is 1. The van der Waals surface area contributed by atoms with Crippen LogP contribution >= 0.6 is 15.9 Å². The first kappa shape index (κ1) is 14.7. The van der Waals surface area contributed by atoms with Crippen LogP contribution in [0.15, 0.2) is 10.7 Å². The molecule has 1 aromatic rings. The van der Waals surface area contributed by atoms with Gasteiger partial charge in [-0.1, -0.05) is 0 Å². The van der Waals surface area contributed by atoms with E-state index in [2.05, 4.69) is 31.4 Å². The number of hydrogen-bond acceptors (Lipinski definition) is 4. The number of ether oxygens (including phenoxy) is 1. The molecule has 0 saturated heterocycles. The van der Waals surface area contributed by atoms with Gasteiger partial charge in [0.25, 0.3) is 0 Å². The van der Waals surface area contributed by atoms with Gasteiger partial charge in [-0.2, -0.15) is 5.10 Å². The van der Waals surface area contributed by atoms with E-state index in [0.717, 1.165) is 0 Å². The monoisotopic (exact) mass is 317 g/mol. The van der Waals surface area contributed by atoms with Crippen molar-refractivity contribution in [1.82, 2.24) is 15.5 Å². The number of hydrogen-bond donors (Lipinski definition) is 2. The maximum Gasteiger partial charge on any atom is 0.408 e. The number of nitrogens with one attached hydrogen (secondary N) is 2. The maximum atomic E-state index is 11.7. The smallest absolute Gasteiger partial charge is 0.408 e. The van der Waals surface area contributed by atoms with Gasteiger partial charge in [0.05, 0.1) is 16.4 Å². The van der Waals surface area contributed by atoms with Crippen molar-refractivity contribution in [2.45, 2.75) is 38.8 Å². The second-order valence-electron chi connectivity index (χ2n) is 5.04. The summed E-state index contributed by atoms with van der Waals surface area (Å²) in [6.45, 7) is 6.80. The molecule has 1 unspecified atom stereocenters. The first-order valence-corrected chi connectivity index (χ1v) is 6.14. The van der Waals surface area contributed by atoms with Gasteiger partial charge in [0.2, 0.25) is 0 Å². The number of carbonyl (C=O) groups is 2. The van der Waals surface area contributed by atoms with Gasteiger partial charge in [-0.05, 0) is 43.6 Å². The Balaban J connectivity index is 2.88. The van der Waals surface area contributed by atoms with E-state index in [0.29, 0.717) is 16.5 Å². The molecule has 1 rings (SSSR count). The topological polar surface area (TPSA) is 84.1 Å². The van der Waals surface area contributed by atoms with Crippen molar-refractivity contribution in [3.8, 4) is 0 Å². The van der Waals surface area contributed by atoms with Crippen molar-refractivity contribution in [2.24, 2.45) is 0 Å². The number of aromatic nitrogens is 2. The molecule has 0 spiro atoms. The summed E-state index contributed by atoms with van der Waals surface area (Å²) in [7, 11) is 0. The molecule has 0 fully saturated rings. The van der Waals surface area contributed by atoms with Crippen LogP contribution in [0.25, 0.3) is 0 Å². The van der Waals surface area contributed by atoms with Gasteiger partial charge in [-0.25, -0.2) is 4.79 Å². The van der Waals surface area contributed by atoms with E-state index in [1.54, 1.807) is 27.7 Å². The summed E-state index contributed by atoms with van der Waals surface area (Å²) in [5, 5.41) is 8.97. The third-order valence-corrected chi connectivity index (χ3v) is 2.71. The molecule has 1 heterocycles. The van der Waals surface area contributed by atoms with Gasteiger partial charge < -0.3 is 14.8 Å². The molecule has 2 N–H and O–H groups in total. The number of aromatic amines is 1. The van der Waals surface area contributed by atoms with E-state index in [1.807, 2.05) is 0 Å². The Bertz CT molecular complexity index is 453. The van der Waals surface area contributed by atoms with Crippen LogP contribution in [0.5, 0.6) is 0 Å². The fourth-order valence-electron chi connectivity index (χ4n) is 1.30. The van der Waals surface area contributed by atoms with Gasteiger partial charge in [0.1, 0.15) is 11.1 Å². The first-order chi connectivity index (χ1) is 8.18. The van der Waals surface area contributed by atoms with Crippen LogP contribution in [0.2, 0.25) is 0 Å². The quantitative estimate of drug-likeness (QED) is 0.836. The third kappa shape index (κ3) is 3.56. The lowest BCUT2D eigenvalue weighted by Gasteiger charge is -2.26. The van der Waals surface area contributed by atoms with Crippen molar-refractivity contribution in [3.05, 3.63) is 16.4 Å². The van der Waals surface area contributed by atoms with Crippen LogP contribution < -0.4 is 5.32 Å². The zero-order valence-corrected chi connectivity index (χ0v) is 12.3. The fourth-order valence-corrected chi connectivity index (χ4v) is 1.91. The van der Waals surface area contributed by atoms with Crippen LogP contribution in [0.3, 0.4) is 0 Å². The van der Waals surface area contributed by atoms with E-state index in [-0.39, 0.29) is 0 Å². The molecule has 6 nitrogen and oxygen atoms in total. The highest BCUT2D eigenvalue weighted by Gasteiger charge is 2.33. The predicted octanol–water partition coefficient (Wildman–Crippen LogP) is 2.11. The van der Waals surface area contributed by atoms with Crippen LogP contribution in [0, 0.1) is 0 Å². The van der Waals surface area contributed by atoms with Crippen LogP contribution in [0.1, 0.15) is 33.4 Å². The summed E-state index contributed by atoms with van der Waals surface area (Å²) in [5.41, 5.74) is -1.39. The van der Waals surface area contributed by atoms with Crippen molar-refractivity contribution in [1.29, 1.82) is 0 Å². The summed E-state index contributed by atoms with van der Waals surface area (Å²) in [5.74, 6) is 0. The number of nitrogens with zero attached hydrogens (tertiary/aromatic N) is 1. The number of carbonyl (C=O) groups excluding carboxylic acids is 2. The SMILES string of the molecule is CC(C)(C)OC(=O)NC(C)(C=O)c1[nH]ncc1Br. The Hall–Kier alpha value is -1.37. The van der Waals surface area contributed by atoms with Gasteiger partial charge >= 0.3 is 6.09 Å². The molecule has 18 heavy (non-hydrogen) atoms. The Kier molecular flexibility index (Phi) is 4.16. The summed E-state index contributed by atoms with van der Waals surface area (Å²) in [6.07, 6.45) is 1.46. The highest BCUT2D eigenvalue weighted by Crippen LogP contribution is 2.24. The van der Waals surface area contributed by atoms with E-state index in [9.17, 15) is 9.59 Å². The average molecular weight is 318 g/mol. The van der Waals surface area contributed by atoms with Crippen LogP contribution in [0.4, 0.5) is 4.79 Å². The Morgan fingerprint density at radius 1 is 1.50 bits per heavy atom. The summed E-state index contributed by atoms with van der Waals surface area (Å²) < 4.78 is 5.72. The third-order valence-electron chi connectivity index (χ3n) is 2.11. The Morgan fingerprint density at radius 3 is 2.50 bits per heavy atom. The zero-order valence-electron chi connectivity index (χ0n) is 10.7. The molecule has 0 aliphatic heterocycles.